The third-order valence-corrected chi connectivity index (χ3v) is 8.35. The summed E-state index contributed by atoms with van der Waals surface area (Å²) in [7, 11) is 1.52. The van der Waals surface area contributed by atoms with Gasteiger partial charge in [-0.15, -0.1) is 0 Å². The Bertz CT molecular complexity index is 1790. The average Bonchev–Trinajstić information content (AvgIpc) is 3.89. The van der Waals surface area contributed by atoms with Crippen LogP contribution in [0.25, 0.3) is 10.9 Å². The summed E-state index contributed by atoms with van der Waals surface area (Å²) in [5, 5.41) is 8.73. The van der Waals surface area contributed by atoms with Crippen LogP contribution in [0.4, 0.5) is 20.2 Å². The van der Waals surface area contributed by atoms with E-state index in [0.717, 1.165) is 25.3 Å². The van der Waals surface area contributed by atoms with Crippen molar-refractivity contribution >= 4 is 51.8 Å². The Morgan fingerprint density at radius 2 is 1.58 bits per heavy atom. The lowest BCUT2D eigenvalue weighted by atomic mass is 10.0. The van der Waals surface area contributed by atoms with Crippen LogP contribution < -0.4 is 30.2 Å². The summed E-state index contributed by atoms with van der Waals surface area (Å²) in [4.78, 5) is 41.9. The molecule has 0 bridgehead atoms. The zero-order valence-electron chi connectivity index (χ0n) is 26.6. The number of carbonyl (C=O) groups excluding carboxylic acids is 3. The minimum Gasteiger partial charge on any atom is -0.493 e. The number of pyridine rings is 1. The SMILES string of the molecule is COc1cc2c(Oc3ccc(NC(=O)C4(C(=O)Nc5ccc(F)cc5)CC4)cc3F)ccnc2cc1OCCCCCNC(=O)CSC. The van der Waals surface area contributed by atoms with Crippen LogP contribution in [0.2, 0.25) is 0 Å². The number of fused-ring (bicyclic) bond motifs is 1. The number of halogens is 2. The molecular weight excluding hydrogens is 642 g/mol. The van der Waals surface area contributed by atoms with Gasteiger partial charge in [-0.3, -0.25) is 19.4 Å². The van der Waals surface area contributed by atoms with Gasteiger partial charge in [-0.05, 0) is 86.9 Å². The van der Waals surface area contributed by atoms with E-state index in [1.165, 1.54) is 61.5 Å². The zero-order valence-corrected chi connectivity index (χ0v) is 27.4. The lowest BCUT2D eigenvalue weighted by Crippen LogP contribution is -2.35. The van der Waals surface area contributed by atoms with Gasteiger partial charge < -0.3 is 30.2 Å². The summed E-state index contributed by atoms with van der Waals surface area (Å²) in [5.41, 5.74) is -0.203. The van der Waals surface area contributed by atoms with Gasteiger partial charge >= 0.3 is 0 Å². The van der Waals surface area contributed by atoms with Crippen LogP contribution in [-0.4, -0.2) is 55.0 Å². The first-order chi connectivity index (χ1) is 23.2. The van der Waals surface area contributed by atoms with Gasteiger partial charge in [0.25, 0.3) is 0 Å². The van der Waals surface area contributed by atoms with E-state index in [4.69, 9.17) is 14.2 Å². The predicted octanol–water partition coefficient (Wildman–Crippen LogP) is 6.70. The Hall–Kier alpha value is -4.91. The number of benzene rings is 3. The van der Waals surface area contributed by atoms with Gasteiger partial charge in [-0.1, -0.05) is 0 Å². The summed E-state index contributed by atoms with van der Waals surface area (Å²) >= 11 is 1.49. The maximum Gasteiger partial charge on any atom is 0.240 e. The molecule has 48 heavy (non-hydrogen) atoms. The van der Waals surface area contributed by atoms with E-state index in [-0.39, 0.29) is 17.3 Å². The molecule has 0 radical (unpaired) electrons. The van der Waals surface area contributed by atoms with E-state index in [2.05, 4.69) is 20.9 Å². The maximum atomic E-state index is 15.2. The van der Waals surface area contributed by atoms with Crippen molar-refractivity contribution in [1.29, 1.82) is 0 Å². The Labute approximate surface area is 280 Å². The van der Waals surface area contributed by atoms with Crippen LogP contribution in [0.1, 0.15) is 32.1 Å². The van der Waals surface area contributed by atoms with E-state index < -0.39 is 28.9 Å². The molecule has 10 nitrogen and oxygen atoms in total. The molecule has 13 heteroatoms. The van der Waals surface area contributed by atoms with Crippen LogP contribution in [0.15, 0.2) is 66.9 Å². The standard InChI is InChI=1S/C35H36F2N4O6S/c1-45-30-19-25-27(20-31(30)46-17-5-3-4-15-39-32(42)21-48-2)38-16-12-28(25)47-29-11-10-24(18-26(29)37)41-34(44)35(13-14-35)33(43)40-23-8-6-22(36)7-9-23/h6-12,16,18-20H,3-5,13-15,17,21H2,1-2H3,(H,39,42)(H,40,43)(H,41,44). The second-order valence-corrected chi connectivity index (χ2v) is 12.1. The van der Waals surface area contributed by atoms with E-state index in [1.807, 2.05) is 6.26 Å². The number of nitrogens with zero attached hydrogens (tertiary/aromatic N) is 1. The number of thioether (sulfide) groups is 1. The van der Waals surface area contributed by atoms with E-state index in [1.54, 1.807) is 18.2 Å². The van der Waals surface area contributed by atoms with Crippen LogP contribution in [0, 0.1) is 17.0 Å². The highest BCUT2D eigenvalue weighted by Gasteiger charge is 2.56. The Balaban J connectivity index is 1.19. The minimum absolute atomic E-state index is 0.0364. The number of aromatic nitrogens is 1. The molecule has 5 rings (SSSR count). The number of ether oxygens (including phenoxy) is 3. The number of amides is 3. The molecule has 0 atom stereocenters. The number of methoxy groups -OCH3 is 1. The normalized spacial score (nSPS) is 13.0. The second kappa shape index (κ2) is 15.8. The van der Waals surface area contributed by atoms with Gasteiger partial charge in [0.2, 0.25) is 17.7 Å². The predicted molar refractivity (Wildman–Crippen MR) is 181 cm³/mol. The summed E-state index contributed by atoms with van der Waals surface area (Å²) in [6, 6.07) is 14.3. The maximum absolute atomic E-state index is 15.2. The van der Waals surface area contributed by atoms with E-state index in [0.29, 0.717) is 65.6 Å². The fourth-order valence-electron chi connectivity index (χ4n) is 4.98. The number of rotatable bonds is 16. The molecule has 1 aliphatic carbocycles. The monoisotopic (exact) mass is 678 g/mol. The van der Waals surface area contributed by atoms with Crippen LogP contribution in [0.5, 0.6) is 23.0 Å². The van der Waals surface area contributed by atoms with Gasteiger partial charge in [0, 0.05) is 41.6 Å². The number of anilines is 2. The van der Waals surface area contributed by atoms with Gasteiger partial charge in [0.05, 0.1) is 25.0 Å². The molecule has 4 aromatic rings. The zero-order chi connectivity index (χ0) is 34.1. The first-order valence-corrected chi connectivity index (χ1v) is 16.8. The molecule has 1 heterocycles. The minimum atomic E-state index is -1.29. The number of carbonyl (C=O) groups is 3. The van der Waals surface area contributed by atoms with Crippen molar-refractivity contribution in [3.8, 4) is 23.0 Å². The quantitative estimate of drug-likeness (QED) is 0.0883. The molecular formula is C35H36F2N4O6S. The van der Waals surface area contributed by atoms with E-state index in [9.17, 15) is 18.8 Å². The van der Waals surface area contributed by atoms with Crippen molar-refractivity contribution in [2.24, 2.45) is 5.41 Å². The van der Waals surface area contributed by atoms with Crippen molar-refractivity contribution in [2.75, 3.05) is 42.9 Å². The highest BCUT2D eigenvalue weighted by Crippen LogP contribution is 2.47. The fourth-order valence-corrected chi connectivity index (χ4v) is 5.35. The number of hydrogen-bond donors (Lipinski definition) is 3. The molecule has 0 unspecified atom stereocenters. The smallest absolute Gasteiger partial charge is 0.240 e. The second-order valence-electron chi connectivity index (χ2n) is 11.3. The summed E-state index contributed by atoms with van der Waals surface area (Å²) < 4.78 is 45.9. The van der Waals surface area contributed by atoms with Crippen molar-refractivity contribution in [2.45, 2.75) is 32.1 Å². The Kier molecular flexibility index (Phi) is 11.3. The molecule has 0 saturated heterocycles. The molecule has 1 fully saturated rings. The van der Waals surface area contributed by atoms with Crippen molar-refractivity contribution < 1.29 is 37.4 Å². The Morgan fingerprint density at radius 1 is 0.854 bits per heavy atom. The molecule has 0 aliphatic heterocycles. The number of nitrogens with one attached hydrogen (secondary N) is 3. The van der Waals surface area contributed by atoms with Gasteiger partial charge in [0.15, 0.2) is 23.1 Å². The molecule has 3 N–H and O–H groups in total. The van der Waals surface area contributed by atoms with Crippen molar-refractivity contribution in [3.63, 3.8) is 0 Å². The molecule has 0 spiro atoms. The first kappa shape index (κ1) is 34.4. The third-order valence-electron chi connectivity index (χ3n) is 7.79. The molecule has 1 aliphatic rings. The van der Waals surface area contributed by atoms with Gasteiger partial charge in [-0.25, -0.2) is 8.78 Å². The van der Waals surface area contributed by atoms with Crippen molar-refractivity contribution in [1.82, 2.24) is 10.3 Å². The molecule has 252 valence electrons. The summed E-state index contributed by atoms with van der Waals surface area (Å²) in [5.74, 6) is -0.531. The molecule has 1 saturated carbocycles. The topological polar surface area (TPSA) is 128 Å². The highest BCUT2D eigenvalue weighted by atomic mass is 32.2. The fraction of sp³-hybridized carbons (Fsp3) is 0.314. The summed E-state index contributed by atoms with van der Waals surface area (Å²) in [6.07, 6.45) is 6.61. The lowest BCUT2D eigenvalue weighted by molar-refractivity contribution is -0.131. The average molecular weight is 679 g/mol. The summed E-state index contributed by atoms with van der Waals surface area (Å²) in [6.45, 7) is 1.08. The van der Waals surface area contributed by atoms with Crippen LogP contribution >= 0.6 is 11.8 Å². The number of hydrogen-bond acceptors (Lipinski definition) is 8. The van der Waals surface area contributed by atoms with Crippen LogP contribution in [0.3, 0.4) is 0 Å². The lowest BCUT2D eigenvalue weighted by Gasteiger charge is -2.16. The molecule has 3 aromatic carbocycles. The first-order valence-electron chi connectivity index (χ1n) is 15.4. The highest BCUT2D eigenvalue weighted by molar-refractivity contribution is 7.99. The van der Waals surface area contributed by atoms with Crippen molar-refractivity contribution in [3.05, 3.63) is 78.5 Å². The Morgan fingerprint density at radius 3 is 2.27 bits per heavy atom. The number of unbranched alkanes of at least 4 members (excludes halogenated alkanes) is 2. The molecule has 3 amide bonds. The van der Waals surface area contributed by atoms with Gasteiger partial charge in [0.1, 0.15) is 17.0 Å². The van der Waals surface area contributed by atoms with E-state index >= 15 is 4.39 Å². The largest absolute Gasteiger partial charge is 0.493 e. The molecule has 1 aromatic heterocycles. The van der Waals surface area contributed by atoms with Gasteiger partial charge in [-0.2, -0.15) is 11.8 Å². The van der Waals surface area contributed by atoms with Crippen LogP contribution in [-0.2, 0) is 14.4 Å². The third kappa shape index (κ3) is 8.51.